The van der Waals surface area contributed by atoms with Crippen LogP contribution in [0.4, 0.5) is 0 Å². The molecule has 0 aliphatic heterocycles. The zero-order chi connectivity index (χ0) is 69.0. The van der Waals surface area contributed by atoms with Gasteiger partial charge < -0.3 is 33.8 Å². The molecule has 19 heteroatoms. The van der Waals surface area contributed by atoms with E-state index in [2.05, 4.69) is 137 Å². The zero-order valence-electron chi connectivity index (χ0n) is 58.6. The maximum absolute atomic E-state index is 13.0. The molecule has 0 aromatic carbocycles. The van der Waals surface area contributed by atoms with Crippen LogP contribution >= 0.6 is 15.6 Å². The molecule has 0 aromatic rings. The molecule has 5 atom stereocenters. The maximum atomic E-state index is 13.0. The largest absolute Gasteiger partial charge is 0.472 e. The molecular weight excluding hydrogens is 1230 g/mol. The topological polar surface area (TPSA) is 237 Å². The Hall–Kier alpha value is -4.28. The highest BCUT2D eigenvalue weighted by Gasteiger charge is 2.30. The van der Waals surface area contributed by atoms with E-state index in [1.165, 1.54) is 25.7 Å². The molecule has 0 spiro atoms. The Balaban J connectivity index is 5.36. The summed E-state index contributed by atoms with van der Waals surface area (Å²) in [5.74, 6) is -2.25. The number of aliphatic hydroxyl groups excluding tert-OH is 1. The molecule has 5 unspecified atom stereocenters. The number of allylic oxidation sites excluding steroid dienone is 18. The number of carbonyl (C=O) groups excluding carboxylic acids is 4. The predicted octanol–water partition coefficient (Wildman–Crippen LogP) is 20.2. The number of carbonyl (C=O) groups is 4. The number of hydrogen-bond acceptors (Lipinski definition) is 15. The lowest BCUT2D eigenvalue weighted by atomic mass is 10.1. The summed E-state index contributed by atoms with van der Waals surface area (Å²) in [6.07, 6.45) is 69.6. The highest BCUT2D eigenvalue weighted by atomic mass is 31.2. The number of aliphatic hydroxyl groups is 1. The molecule has 0 aliphatic carbocycles. The van der Waals surface area contributed by atoms with Crippen LogP contribution in [0, 0.1) is 0 Å². The first-order chi connectivity index (χ1) is 45.7. The van der Waals surface area contributed by atoms with Gasteiger partial charge in [-0.05, 0) is 135 Å². The third-order valence-corrected chi connectivity index (χ3v) is 16.6. The van der Waals surface area contributed by atoms with Gasteiger partial charge in [0.1, 0.15) is 19.3 Å². The summed E-state index contributed by atoms with van der Waals surface area (Å²) < 4.78 is 68.2. The fourth-order valence-corrected chi connectivity index (χ4v) is 10.8. The van der Waals surface area contributed by atoms with Crippen LogP contribution in [0.25, 0.3) is 0 Å². The molecule has 17 nitrogen and oxygen atoms in total. The van der Waals surface area contributed by atoms with Crippen LogP contribution in [-0.2, 0) is 65.4 Å². The average molecular weight is 1360 g/mol. The van der Waals surface area contributed by atoms with E-state index in [9.17, 15) is 43.2 Å². The highest BCUT2D eigenvalue weighted by molar-refractivity contribution is 7.47. The molecule has 0 saturated carbocycles. The summed E-state index contributed by atoms with van der Waals surface area (Å²) >= 11 is 0. The van der Waals surface area contributed by atoms with Gasteiger partial charge in [0.25, 0.3) is 0 Å². The Kier molecular flexibility index (Phi) is 64.2. The van der Waals surface area contributed by atoms with Gasteiger partial charge in [-0.25, -0.2) is 9.13 Å². The first kappa shape index (κ1) is 89.7. The molecule has 0 aromatic heterocycles. The second-order valence-corrected chi connectivity index (χ2v) is 26.7. The van der Waals surface area contributed by atoms with Crippen LogP contribution in [0.5, 0.6) is 0 Å². The van der Waals surface area contributed by atoms with E-state index < -0.39 is 97.5 Å². The average Bonchev–Trinajstić information content (AvgIpc) is 1.23. The van der Waals surface area contributed by atoms with Crippen LogP contribution in [0.1, 0.15) is 285 Å². The van der Waals surface area contributed by atoms with Crippen molar-refractivity contribution in [2.75, 3.05) is 39.6 Å². The summed E-state index contributed by atoms with van der Waals surface area (Å²) in [6.45, 7) is 4.47. The van der Waals surface area contributed by atoms with Crippen molar-refractivity contribution in [1.29, 1.82) is 0 Å². The van der Waals surface area contributed by atoms with E-state index in [0.717, 1.165) is 173 Å². The minimum atomic E-state index is -4.98. The van der Waals surface area contributed by atoms with Crippen molar-refractivity contribution < 1.29 is 80.2 Å². The molecule has 0 fully saturated rings. The quantitative estimate of drug-likeness (QED) is 0.0169. The summed E-state index contributed by atoms with van der Waals surface area (Å²) in [5.41, 5.74) is 0. The Morgan fingerprint density at radius 2 is 0.553 bits per heavy atom. The van der Waals surface area contributed by atoms with Crippen molar-refractivity contribution >= 4 is 39.5 Å². The summed E-state index contributed by atoms with van der Waals surface area (Å²) in [5, 5.41) is 10.6. The van der Waals surface area contributed by atoms with Crippen molar-refractivity contribution in [3.8, 4) is 0 Å². The van der Waals surface area contributed by atoms with Gasteiger partial charge in [-0.3, -0.25) is 37.3 Å². The van der Waals surface area contributed by atoms with Crippen molar-refractivity contribution in [2.45, 2.75) is 303 Å². The van der Waals surface area contributed by atoms with Gasteiger partial charge in [-0.2, -0.15) is 0 Å². The number of unbranched alkanes of at least 4 members (excludes halogenated alkanes) is 23. The lowest BCUT2D eigenvalue weighted by molar-refractivity contribution is -0.161. The third-order valence-electron chi connectivity index (χ3n) is 14.7. The zero-order valence-corrected chi connectivity index (χ0v) is 60.4. The van der Waals surface area contributed by atoms with E-state index in [1.807, 2.05) is 0 Å². The van der Waals surface area contributed by atoms with Crippen LogP contribution in [0.15, 0.2) is 109 Å². The Morgan fingerprint density at radius 1 is 0.309 bits per heavy atom. The number of esters is 4. The molecule has 0 saturated heterocycles. The van der Waals surface area contributed by atoms with Gasteiger partial charge in [0.2, 0.25) is 0 Å². The lowest BCUT2D eigenvalue weighted by Gasteiger charge is -2.21. The molecule has 0 rings (SSSR count). The van der Waals surface area contributed by atoms with Crippen molar-refractivity contribution in [3.63, 3.8) is 0 Å². The molecule has 0 heterocycles. The summed E-state index contributed by atoms with van der Waals surface area (Å²) in [6, 6.07) is 0. The molecule has 540 valence electrons. The van der Waals surface area contributed by atoms with E-state index >= 15 is 0 Å². The first-order valence-electron chi connectivity index (χ1n) is 36.1. The van der Waals surface area contributed by atoms with Gasteiger partial charge in [0, 0.05) is 25.7 Å². The van der Waals surface area contributed by atoms with Crippen LogP contribution in [-0.4, -0.2) is 96.7 Å². The molecule has 3 N–H and O–H groups in total. The van der Waals surface area contributed by atoms with E-state index in [1.54, 1.807) is 0 Å². The fourth-order valence-electron chi connectivity index (χ4n) is 9.19. The van der Waals surface area contributed by atoms with Crippen molar-refractivity contribution in [2.24, 2.45) is 0 Å². The molecule has 0 radical (unpaired) electrons. The van der Waals surface area contributed by atoms with Crippen LogP contribution in [0.2, 0.25) is 0 Å². The maximum Gasteiger partial charge on any atom is 0.472 e. The molecule has 94 heavy (non-hydrogen) atoms. The van der Waals surface area contributed by atoms with Gasteiger partial charge in [-0.1, -0.05) is 233 Å². The molecule has 0 amide bonds. The lowest BCUT2D eigenvalue weighted by Crippen LogP contribution is -2.30. The Morgan fingerprint density at radius 3 is 0.883 bits per heavy atom. The fraction of sp³-hybridized carbons (Fsp3) is 0.707. The highest BCUT2D eigenvalue weighted by Crippen LogP contribution is 2.45. The number of phosphoric ester groups is 2. The van der Waals surface area contributed by atoms with E-state index in [4.69, 9.17) is 37.0 Å². The monoisotopic (exact) mass is 1360 g/mol. The van der Waals surface area contributed by atoms with Crippen LogP contribution < -0.4 is 0 Å². The standard InChI is InChI=1S/C75H128O17P2/c1-5-9-13-17-21-25-29-31-33-34-36-37-41-44-48-52-56-60-73(78)86-66-71(92-75(80)62-58-54-50-46-42-38-35-32-30-26-22-18-14-10-6-2)68-90-94(83,84)88-64-69(76)63-87-93(81,82)89-67-70(91-74(79)61-57-53-49-45-40-28-24-20-16-12-8-4)65-85-72(77)59-55-51-47-43-39-27-23-19-15-11-7-3/h9-10,13-14,19-26,31-33,35,42,46,69-71,76H,5-8,11-12,15-18,27-30,34,36-41,43-45,47-68H2,1-4H3,(H,81,82)(H,83,84)/b13-9-,14-10-,23-19-,24-20-,25-21-,26-22-,33-31-,35-32-,46-42-. The van der Waals surface area contributed by atoms with E-state index in [-0.39, 0.29) is 25.7 Å². The second-order valence-electron chi connectivity index (χ2n) is 23.8. The smallest absolute Gasteiger partial charge is 0.462 e. The van der Waals surface area contributed by atoms with E-state index in [0.29, 0.717) is 32.1 Å². The third kappa shape index (κ3) is 66.3. The summed E-state index contributed by atoms with van der Waals surface area (Å²) in [4.78, 5) is 72.6. The minimum Gasteiger partial charge on any atom is -0.462 e. The minimum absolute atomic E-state index is 0.0388. The van der Waals surface area contributed by atoms with Gasteiger partial charge in [0.15, 0.2) is 12.2 Å². The van der Waals surface area contributed by atoms with Crippen molar-refractivity contribution in [3.05, 3.63) is 109 Å². The number of hydrogen-bond donors (Lipinski definition) is 3. The molecule has 0 bridgehead atoms. The molecular formula is C75H128O17P2. The molecule has 0 aliphatic rings. The van der Waals surface area contributed by atoms with Gasteiger partial charge in [0.05, 0.1) is 26.4 Å². The summed E-state index contributed by atoms with van der Waals surface area (Å²) in [7, 11) is -9.96. The Bertz CT molecular complexity index is 2220. The Labute approximate surface area is 569 Å². The van der Waals surface area contributed by atoms with Gasteiger partial charge >= 0.3 is 39.5 Å². The normalized spacial score (nSPS) is 14.7. The second kappa shape index (κ2) is 67.3. The first-order valence-corrected chi connectivity index (χ1v) is 39.1. The number of rotatable bonds is 67. The van der Waals surface area contributed by atoms with Gasteiger partial charge in [-0.15, -0.1) is 0 Å². The van der Waals surface area contributed by atoms with Crippen molar-refractivity contribution in [1.82, 2.24) is 0 Å². The van der Waals surface area contributed by atoms with Crippen LogP contribution in [0.3, 0.4) is 0 Å². The predicted molar refractivity (Wildman–Crippen MR) is 381 cm³/mol. The number of ether oxygens (including phenoxy) is 4. The SMILES string of the molecule is CC/C=C\C/C=C\C/C=C\C/C=C\CCCCC(=O)OC(COC(=O)CCCCCCCCC/C=C\C/C=C\C/C=C\CC)COP(=O)(O)OCC(O)COP(=O)(O)OCC(COC(=O)CCCCCCC/C=C\CCCC)OC(=O)CCCCCCC/C=C\CCCC. The number of phosphoric acid groups is 2.